The molecule has 10 heteroatoms. The van der Waals surface area contributed by atoms with Crippen LogP contribution in [0.2, 0.25) is 0 Å². The molecule has 0 bridgehead atoms. The summed E-state index contributed by atoms with van der Waals surface area (Å²) in [5.41, 5.74) is -0.325. The van der Waals surface area contributed by atoms with E-state index < -0.39 is 5.60 Å². The minimum Gasteiger partial charge on any atom is -0.493 e. The van der Waals surface area contributed by atoms with Crippen LogP contribution in [-0.4, -0.2) is 82.5 Å². The number of aliphatic hydroxyl groups is 1. The second-order valence-corrected chi connectivity index (χ2v) is 9.25. The summed E-state index contributed by atoms with van der Waals surface area (Å²) in [7, 11) is 1.60. The first-order chi connectivity index (χ1) is 17.8. The summed E-state index contributed by atoms with van der Waals surface area (Å²) in [6.45, 7) is 4.65. The summed E-state index contributed by atoms with van der Waals surface area (Å²) in [6.07, 6.45) is 5.35. The molecule has 198 valence electrons. The van der Waals surface area contributed by atoms with Crippen LogP contribution in [0.25, 0.3) is 0 Å². The monoisotopic (exact) mass is 512 g/mol. The van der Waals surface area contributed by atoms with Gasteiger partial charge in [-0.3, -0.25) is 9.69 Å². The highest BCUT2D eigenvalue weighted by atomic mass is 19.1. The molecule has 0 radical (unpaired) electrons. The molecular weight excluding hydrogens is 479 g/mol. The van der Waals surface area contributed by atoms with E-state index in [0.29, 0.717) is 56.6 Å². The van der Waals surface area contributed by atoms with Gasteiger partial charge >= 0.3 is 0 Å². The summed E-state index contributed by atoms with van der Waals surface area (Å²) in [6, 6.07) is 11.4. The van der Waals surface area contributed by atoms with Crippen molar-refractivity contribution in [3.63, 3.8) is 0 Å². The number of rotatable bonds is 10. The molecule has 1 aliphatic heterocycles. The van der Waals surface area contributed by atoms with Gasteiger partial charge in [-0.25, -0.2) is 9.37 Å². The van der Waals surface area contributed by atoms with Gasteiger partial charge in [0, 0.05) is 45.5 Å². The minimum atomic E-state index is -1.31. The Morgan fingerprint density at radius 1 is 1.11 bits per heavy atom. The number of carbonyl (C=O) groups excluding carboxylic acids is 1. The van der Waals surface area contributed by atoms with E-state index in [2.05, 4.69) is 9.88 Å². The lowest BCUT2D eigenvalue weighted by atomic mass is 10.0. The number of imidazole rings is 1. The second kappa shape index (κ2) is 12.1. The molecule has 2 aromatic carbocycles. The van der Waals surface area contributed by atoms with E-state index in [4.69, 9.17) is 14.2 Å². The predicted molar refractivity (Wildman–Crippen MR) is 135 cm³/mol. The van der Waals surface area contributed by atoms with Crippen molar-refractivity contribution in [2.75, 3.05) is 46.5 Å². The van der Waals surface area contributed by atoms with Crippen LogP contribution in [0.1, 0.15) is 12.5 Å². The minimum absolute atomic E-state index is 0.0358. The number of nitrogens with zero attached hydrogens (tertiary/aromatic N) is 4. The van der Waals surface area contributed by atoms with Crippen LogP contribution in [0, 0.1) is 5.82 Å². The maximum absolute atomic E-state index is 13.2. The van der Waals surface area contributed by atoms with Gasteiger partial charge in [0.1, 0.15) is 30.4 Å². The molecular formula is C27H33FN4O5. The molecule has 1 saturated heterocycles. The normalized spacial score (nSPS) is 18.3. The fourth-order valence-electron chi connectivity index (χ4n) is 4.35. The number of ether oxygens (including phenoxy) is 3. The van der Waals surface area contributed by atoms with Crippen molar-refractivity contribution in [1.29, 1.82) is 0 Å². The Labute approximate surface area is 216 Å². The third-order valence-corrected chi connectivity index (χ3v) is 6.26. The number of hydrogen-bond donors (Lipinski definition) is 1. The number of amides is 1. The quantitative estimate of drug-likeness (QED) is 0.447. The summed E-state index contributed by atoms with van der Waals surface area (Å²) in [5.74, 6) is 1.25. The van der Waals surface area contributed by atoms with E-state index in [1.165, 1.54) is 31.2 Å². The first-order valence-electron chi connectivity index (χ1n) is 12.2. The molecule has 3 aromatic rings. The Balaban J connectivity index is 1.42. The van der Waals surface area contributed by atoms with Gasteiger partial charge in [0.05, 0.1) is 26.5 Å². The maximum Gasteiger partial charge on any atom is 0.219 e. The van der Waals surface area contributed by atoms with Gasteiger partial charge in [0.15, 0.2) is 11.5 Å². The number of aromatic nitrogens is 2. The van der Waals surface area contributed by atoms with Crippen molar-refractivity contribution in [3.05, 3.63) is 72.6 Å². The number of carbonyl (C=O) groups is 1. The Hall–Kier alpha value is -3.63. The number of hydrogen-bond acceptors (Lipinski definition) is 7. The van der Waals surface area contributed by atoms with E-state index in [1.54, 1.807) is 24.5 Å². The van der Waals surface area contributed by atoms with Gasteiger partial charge in [0.25, 0.3) is 0 Å². The smallest absolute Gasteiger partial charge is 0.219 e. The van der Waals surface area contributed by atoms with Crippen molar-refractivity contribution >= 4 is 5.91 Å². The SMILES string of the molecule is COc1cc(CN2CCN(C(C)=O)C[C@](O)(COc3ccc(F)cc3)C2)ccc1OCCn1ccnc1. The topological polar surface area (TPSA) is 89.3 Å². The average molecular weight is 513 g/mol. The molecule has 1 aromatic heterocycles. The molecule has 0 unspecified atom stereocenters. The van der Waals surface area contributed by atoms with E-state index in [9.17, 15) is 14.3 Å². The van der Waals surface area contributed by atoms with Crippen LogP contribution < -0.4 is 14.2 Å². The van der Waals surface area contributed by atoms with Crippen LogP contribution in [0.4, 0.5) is 4.39 Å². The third-order valence-electron chi connectivity index (χ3n) is 6.26. The van der Waals surface area contributed by atoms with Gasteiger partial charge in [-0.15, -0.1) is 0 Å². The van der Waals surface area contributed by atoms with E-state index in [0.717, 1.165) is 5.56 Å². The Morgan fingerprint density at radius 2 is 1.92 bits per heavy atom. The van der Waals surface area contributed by atoms with Gasteiger partial charge in [-0.05, 0) is 42.0 Å². The second-order valence-electron chi connectivity index (χ2n) is 9.25. The predicted octanol–water partition coefficient (Wildman–Crippen LogP) is 2.58. The van der Waals surface area contributed by atoms with Crippen molar-refractivity contribution < 1.29 is 28.5 Å². The standard InChI is InChI=1S/C27H33FN4O5/c1-21(33)32-12-11-31(17-27(34,18-32)19-37-24-6-4-23(28)5-7-24)16-22-3-8-25(26(15-22)35-2)36-14-13-30-10-9-29-20-30/h3-10,15,20,34H,11-14,16-19H2,1-2H3/t27-/m0/s1. The highest BCUT2D eigenvalue weighted by Gasteiger charge is 2.37. The fraction of sp³-hybridized carbons (Fsp3) is 0.407. The van der Waals surface area contributed by atoms with E-state index in [-0.39, 0.29) is 24.9 Å². The van der Waals surface area contributed by atoms with Crippen molar-refractivity contribution in [3.8, 4) is 17.2 Å². The summed E-state index contributed by atoms with van der Waals surface area (Å²) < 4.78 is 32.4. The molecule has 9 nitrogen and oxygen atoms in total. The molecule has 1 atom stereocenters. The summed E-state index contributed by atoms with van der Waals surface area (Å²) in [5, 5.41) is 11.5. The molecule has 1 amide bonds. The zero-order chi connectivity index (χ0) is 26.3. The highest BCUT2D eigenvalue weighted by molar-refractivity contribution is 5.73. The lowest BCUT2D eigenvalue weighted by Gasteiger charge is -2.32. The van der Waals surface area contributed by atoms with E-state index in [1.807, 2.05) is 29.0 Å². The lowest BCUT2D eigenvalue weighted by Crippen LogP contribution is -2.51. The van der Waals surface area contributed by atoms with Crippen LogP contribution in [0.5, 0.6) is 17.2 Å². The third kappa shape index (κ3) is 7.43. The van der Waals surface area contributed by atoms with Crippen molar-refractivity contribution in [1.82, 2.24) is 19.4 Å². The molecule has 1 fully saturated rings. The highest BCUT2D eigenvalue weighted by Crippen LogP contribution is 2.29. The number of methoxy groups -OCH3 is 1. The summed E-state index contributed by atoms with van der Waals surface area (Å²) in [4.78, 5) is 19.9. The zero-order valence-corrected chi connectivity index (χ0v) is 21.2. The molecule has 37 heavy (non-hydrogen) atoms. The Morgan fingerprint density at radius 3 is 2.62 bits per heavy atom. The molecule has 4 rings (SSSR count). The van der Waals surface area contributed by atoms with Gasteiger partial charge in [-0.2, -0.15) is 0 Å². The molecule has 2 heterocycles. The largest absolute Gasteiger partial charge is 0.493 e. The number of benzene rings is 2. The number of halogens is 1. The number of β-amino-alcohol motifs (C(OH)–C–C–N with tert-alkyl or cyclic N) is 1. The Bertz CT molecular complexity index is 1160. The van der Waals surface area contributed by atoms with Gasteiger partial charge in [-0.1, -0.05) is 6.07 Å². The summed E-state index contributed by atoms with van der Waals surface area (Å²) >= 11 is 0. The van der Waals surface area contributed by atoms with Crippen molar-refractivity contribution in [2.45, 2.75) is 25.6 Å². The van der Waals surface area contributed by atoms with Gasteiger partial charge < -0.3 is 28.8 Å². The van der Waals surface area contributed by atoms with Crippen LogP contribution in [0.15, 0.2) is 61.2 Å². The van der Waals surface area contributed by atoms with E-state index >= 15 is 0 Å². The van der Waals surface area contributed by atoms with Crippen molar-refractivity contribution in [2.24, 2.45) is 0 Å². The zero-order valence-electron chi connectivity index (χ0n) is 21.2. The molecule has 0 saturated carbocycles. The molecule has 0 spiro atoms. The molecule has 1 aliphatic rings. The first-order valence-corrected chi connectivity index (χ1v) is 12.2. The van der Waals surface area contributed by atoms with Crippen LogP contribution >= 0.6 is 0 Å². The average Bonchev–Trinajstić information content (AvgIpc) is 3.34. The maximum atomic E-state index is 13.2. The van der Waals surface area contributed by atoms with Crippen LogP contribution in [-0.2, 0) is 17.9 Å². The fourth-order valence-corrected chi connectivity index (χ4v) is 4.35. The molecule has 1 N–H and O–H groups in total. The Kier molecular flexibility index (Phi) is 8.62. The van der Waals surface area contributed by atoms with Gasteiger partial charge in [0.2, 0.25) is 5.91 Å². The molecule has 0 aliphatic carbocycles. The lowest BCUT2D eigenvalue weighted by molar-refractivity contribution is -0.132. The first kappa shape index (κ1) is 26.4. The van der Waals surface area contributed by atoms with Crippen LogP contribution in [0.3, 0.4) is 0 Å².